The van der Waals surface area contributed by atoms with Gasteiger partial charge in [0.1, 0.15) is 0 Å². The third-order valence-electron chi connectivity index (χ3n) is 3.45. The van der Waals surface area contributed by atoms with Gasteiger partial charge in [0.2, 0.25) is 15.9 Å². The van der Waals surface area contributed by atoms with Crippen LogP contribution in [0.25, 0.3) is 0 Å². The summed E-state index contributed by atoms with van der Waals surface area (Å²) in [6, 6.07) is 4.10. The predicted octanol–water partition coefficient (Wildman–Crippen LogP) is 1.17. The molecule has 1 fully saturated rings. The highest BCUT2D eigenvalue weighted by molar-refractivity contribution is 7.88. The predicted molar refractivity (Wildman–Crippen MR) is 80.3 cm³/mol. The molecule has 0 saturated carbocycles. The fourth-order valence-electron chi connectivity index (χ4n) is 2.30. The van der Waals surface area contributed by atoms with Crippen LogP contribution in [0.1, 0.15) is 17.7 Å². The van der Waals surface area contributed by atoms with Crippen molar-refractivity contribution in [1.29, 1.82) is 0 Å². The first-order valence-electron chi connectivity index (χ1n) is 6.72. The Morgan fingerprint density at radius 3 is 2.55 bits per heavy atom. The third-order valence-corrected chi connectivity index (χ3v) is 5.69. The summed E-state index contributed by atoms with van der Waals surface area (Å²) < 4.78 is 24.2. The number of thiophene rings is 1. The molecule has 0 radical (unpaired) electrons. The monoisotopic (exact) mass is 316 g/mol. The molecule has 0 bridgehead atoms. The van der Waals surface area contributed by atoms with Gasteiger partial charge in [0.25, 0.3) is 0 Å². The van der Waals surface area contributed by atoms with Gasteiger partial charge in [0.15, 0.2) is 0 Å². The Kier molecular flexibility index (Phi) is 5.17. The summed E-state index contributed by atoms with van der Waals surface area (Å²) in [5.74, 6) is 0.134. The van der Waals surface area contributed by atoms with Crippen LogP contribution in [0.5, 0.6) is 0 Å². The molecular formula is C13H20N2O3S2. The zero-order valence-corrected chi connectivity index (χ0v) is 13.3. The standard InChI is InChI=1S/C13H20N2O3S2/c1-20(17,18)15-9-7-14(8-10-15)13(16)6-2-4-12-5-3-11-19-12/h3,5,11H,2,4,6-10H2,1H3. The van der Waals surface area contributed by atoms with Gasteiger partial charge in [0, 0.05) is 37.5 Å². The van der Waals surface area contributed by atoms with Gasteiger partial charge in [-0.05, 0) is 24.3 Å². The van der Waals surface area contributed by atoms with Crippen LogP contribution < -0.4 is 0 Å². The van der Waals surface area contributed by atoms with E-state index in [1.165, 1.54) is 15.4 Å². The zero-order chi connectivity index (χ0) is 14.6. The van der Waals surface area contributed by atoms with Crippen LogP contribution in [0.3, 0.4) is 0 Å². The van der Waals surface area contributed by atoms with Gasteiger partial charge in [-0.15, -0.1) is 11.3 Å². The SMILES string of the molecule is CS(=O)(=O)N1CCN(C(=O)CCCc2cccs2)CC1. The molecule has 112 valence electrons. The van der Waals surface area contributed by atoms with Crippen molar-refractivity contribution in [1.82, 2.24) is 9.21 Å². The first-order chi connectivity index (χ1) is 9.47. The topological polar surface area (TPSA) is 57.7 Å². The third kappa shape index (κ3) is 4.29. The number of amides is 1. The Bertz CT molecular complexity index is 532. The second-order valence-electron chi connectivity index (χ2n) is 4.98. The van der Waals surface area contributed by atoms with Crippen molar-refractivity contribution in [2.75, 3.05) is 32.4 Å². The van der Waals surface area contributed by atoms with Crippen LogP contribution in [0, 0.1) is 0 Å². The van der Waals surface area contributed by atoms with E-state index in [0.717, 1.165) is 12.8 Å². The number of aryl methyl sites for hydroxylation is 1. The summed E-state index contributed by atoms with van der Waals surface area (Å²) >= 11 is 1.71. The molecular weight excluding hydrogens is 296 g/mol. The van der Waals surface area contributed by atoms with Crippen molar-refractivity contribution < 1.29 is 13.2 Å². The van der Waals surface area contributed by atoms with E-state index in [0.29, 0.717) is 32.6 Å². The van der Waals surface area contributed by atoms with Crippen molar-refractivity contribution in [3.8, 4) is 0 Å². The van der Waals surface area contributed by atoms with E-state index in [-0.39, 0.29) is 5.91 Å². The minimum Gasteiger partial charge on any atom is -0.340 e. The molecule has 20 heavy (non-hydrogen) atoms. The molecule has 0 unspecified atom stereocenters. The van der Waals surface area contributed by atoms with Gasteiger partial charge in [-0.1, -0.05) is 6.07 Å². The molecule has 2 heterocycles. The van der Waals surface area contributed by atoms with Crippen LogP contribution in [-0.2, 0) is 21.2 Å². The van der Waals surface area contributed by atoms with Gasteiger partial charge >= 0.3 is 0 Å². The van der Waals surface area contributed by atoms with Crippen LogP contribution in [0.2, 0.25) is 0 Å². The maximum atomic E-state index is 12.0. The minimum absolute atomic E-state index is 0.134. The van der Waals surface area contributed by atoms with Crippen LogP contribution >= 0.6 is 11.3 Å². The first kappa shape index (κ1) is 15.5. The van der Waals surface area contributed by atoms with Crippen molar-refractivity contribution in [3.05, 3.63) is 22.4 Å². The molecule has 0 N–H and O–H groups in total. The van der Waals surface area contributed by atoms with E-state index in [1.54, 1.807) is 16.2 Å². The Labute approximate surface area is 124 Å². The second-order valence-corrected chi connectivity index (χ2v) is 7.99. The summed E-state index contributed by atoms with van der Waals surface area (Å²) in [7, 11) is -3.12. The van der Waals surface area contributed by atoms with E-state index in [4.69, 9.17) is 0 Å². The lowest BCUT2D eigenvalue weighted by atomic mass is 10.2. The van der Waals surface area contributed by atoms with Gasteiger partial charge in [-0.2, -0.15) is 4.31 Å². The molecule has 1 aromatic rings. The fourth-order valence-corrected chi connectivity index (χ4v) is 3.87. The van der Waals surface area contributed by atoms with Gasteiger partial charge in [0.05, 0.1) is 6.26 Å². The Balaban J connectivity index is 1.72. The van der Waals surface area contributed by atoms with Crippen molar-refractivity contribution in [3.63, 3.8) is 0 Å². The number of hydrogen-bond donors (Lipinski definition) is 0. The molecule has 0 aliphatic carbocycles. The quantitative estimate of drug-likeness (QED) is 0.819. The largest absolute Gasteiger partial charge is 0.340 e. The molecule has 5 nitrogen and oxygen atoms in total. The molecule has 1 saturated heterocycles. The Morgan fingerprint density at radius 1 is 1.30 bits per heavy atom. The number of carbonyl (C=O) groups is 1. The van der Waals surface area contributed by atoms with Gasteiger partial charge < -0.3 is 4.90 Å². The highest BCUT2D eigenvalue weighted by Gasteiger charge is 2.25. The Hall–Kier alpha value is -0.920. The Morgan fingerprint density at radius 2 is 2.00 bits per heavy atom. The van der Waals surface area contributed by atoms with Gasteiger partial charge in [-0.25, -0.2) is 8.42 Å². The lowest BCUT2D eigenvalue weighted by Gasteiger charge is -2.33. The smallest absolute Gasteiger partial charge is 0.222 e. The molecule has 0 aromatic carbocycles. The molecule has 0 atom stereocenters. The van der Waals surface area contributed by atoms with E-state index in [9.17, 15) is 13.2 Å². The summed E-state index contributed by atoms with van der Waals surface area (Å²) in [6.45, 7) is 1.83. The van der Waals surface area contributed by atoms with E-state index >= 15 is 0 Å². The van der Waals surface area contributed by atoms with Crippen molar-refractivity contribution in [2.45, 2.75) is 19.3 Å². The maximum Gasteiger partial charge on any atom is 0.222 e. The fraction of sp³-hybridized carbons (Fsp3) is 0.615. The van der Waals surface area contributed by atoms with Crippen LogP contribution in [0.15, 0.2) is 17.5 Å². The van der Waals surface area contributed by atoms with E-state index < -0.39 is 10.0 Å². The highest BCUT2D eigenvalue weighted by Crippen LogP contribution is 2.13. The number of hydrogen-bond acceptors (Lipinski definition) is 4. The number of piperazine rings is 1. The van der Waals surface area contributed by atoms with Crippen molar-refractivity contribution >= 4 is 27.3 Å². The zero-order valence-electron chi connectivity index (χ0n) is 11.6. The molecule has 1 aliphatic heterocycles. The molecule has 1 aliphatic rings. The molecule has 1 aromatic heterocycles. The summed E-state index contributed by atoms with van der Waals surface area (Å²) in [5, 5.41) is 2.04. The average molecular weight is 316 g/mol. The first-order valence-corrected chi connectivity index (χ1v) is 9.45. The van der Waals surface area contributed by atoms with E-state index in [1.807, 2.05) is 11.4 Å². The molecule has 0 spiro atoms. The number of nitrogens with zero attached hydrogens (tertiary/aromatic N) is 2. The van der Waals surface area contributed by atoms with E-state index in [2.05, 4.69) is 6.07 Å². The summed E-state index contributed by atoms with van der Waals surface area (Å²) in [5.41, 5.74) is 0. The lowest BCUT2D eigenvalue weighted by molar-refractivity contribution is -0.132. The molecule has 1 amide bonds. The minimum atomic E-state index is -3.12. The second kappa shape index (κ2) is 6.69. The number of rotatable bonds is 5. The summed E-state index contributed by atoms with van der Waals surface area (Å²) in [6.07, 6.45) is 3.54. The number of carbonyl (C=O) groups excluding carboxylic acids is 1. The average Bonchev–Trinajstić information content (AvgIpc) is 2.91. The lowest BCUT2D eigenvalue weighted by Crippen LogP contribution is -2.50. The number of sulfonamides is 1. The maximum absolute atomic E-state index is 12.0. The highest BCUT2D eigenvalue weighted by atomic mass is 32.2. The van der Waals surface area contributed by atoms with Gasteiger partial charge in [-0.3, -0.25) is 4.79 Å². The normalized spacial score (nSPS) is 17.4. The van der Waals surface area contributed by atoms with Crippen LogP contribution in [0.4, 0.5) is 0 Å². The van der Waals surface area contributed by atoms with Crippen molar-refractivity contribution in [2.24, 2.45) is 0 Å². The summed E-state index contributed by atoms with van der Waals surface area (Å²) in [4.78, 5) is 15.1. The molecule has 7 heteroatoms. The van der Waals surface area contributed by atoms with Crippen LogP contribution in [-0.4, -0.2) is 56.0 Å². The molecule has 2 rings (SSSR count).